The summed E-state index contributed by atoms with van der Waals surface area (Å²) in [6.07, 6.45) is 5.30. The van der Waals surface area contributed by atoms with Crippen LogP contribution in [0.4, 0.5) is 16.2 Å². The van der Waals surface area contributed by atoms with E-state index < -0.39 is 5.60 Å². The highest BCUT2D eigenvalue weighted by molar-refractivity contribution is 5.67. The Hall–Kier alpha value is -1.91. The number of hydrogen-bond acceptors (Lipinski definition) is 4. The Bertz CT molecular complexity index is 452. The molecule has 0 atom stereocenters. The molecule has 0 fully saturated rings. The summed E-state index contributed by atoms with van der Waals surface area (Å²) in [5, 5.41) is 6.17. The van der Waals surface area contributed by atoms with E-state index in [-0.39, 0.29) is 6.09 Å². The molecule has 0 aliphatic rings. The molecule has 0 bridgehead atoms. The van der Waals surface area contributed by atoms with Gasteiger partial charge in [0.2, 0.25) is 0 Å². The number of amides is 1. The largest absolute Gasteiger partial charge is 0.444 e. The quantitative estimate of drug-likeness (QED) is 0.471. The number of nitrogens with one attached hydrogen (secondary N) is 2. The fraction of sp³-hybridized carbons (Fsp3) is 0.611. The molecular formula is C18H31N3O2. The van der Waals surface area contributed by atoms with E-state index in [2.05, 4.69) is 10.6 Å². The standard InChI is InChI=1S/C18H31N3O2/c1-18(2,3)23-17(22)21-14-8-6-4-5-7-13-20-16-11-9-15(19)10-12-16/h9-12,20H,4-8,13-14,19H2,1-3H3,(H,21,22). The van der Waals surface area contributed by atoms with Crippen molar-refractivity contribution in [2.45, 2.75) is 58.5 Å². The number of rotatable bonds is 9. The molecule has 1 rings (SSSR count). The minimum atomic E-state index is -0.429. The van der Waals surface area contributed by atoms with Crippen LogP contribution in [0.1, 0.15) is 52.9 Å². The van der Waals surface area contributed by atoms with Crippen molar-refractivity contribution in [1.29, 1.82) is 0 Å². The Morgan fingerprint density at radius 1 is 1.00 bits per heavy atom. The highest BCUT2D eigenvalue weighted by Crippen LogP contribution is 2.11. The van der Waals surface area contributed by atoms with Gasteiger partial charge in [0.25, 0.3) is 0 Å². The molecule has 4 N–H and O–H groups in total. The number of anilines is 2. The highest BCUT2D eigenvalue weighted by Gasteiger charge is 2.15. The van der Waals surface area contributed by atoms with Crippen LogP contribution in [0.2, 0.25) is 0 Å². The van der Waals surface area contributed by atoms with Crippen LogP contribution < -0.4 is 16.4 Å². The molecule has 130 valence electrons. The lowest BCUT2D eigenvalue weighted by Gasteiger charge is -2.19. The molecule has 0 aliphatic carbocycles. The Morgan fingerprint density at radius 2 is 1.57 bits per heavy atom. The molecule has 0 unspecified atom stereocenters. The normalized spacial score (nSPS) is 11.1. The Kier molecular flexibility index (Phi) is 8.30. The molecule has 0 saturated carbocycles. The van der Waals surface area contributed by atoms with Gasteiger partial charge in [-0.25, -0.2) is 4.79 Å². The summed E-state index contributed by atoms with van der Waals surface area (Å²) >= 11 is 0. The van der Waals surface area contributed by atoms with Gasteiger partial charge in [-0.3, -0.25) is 0 Å². The minimum absolute atomic E-state index is 0.329. The fourth-order valence-electron chi connectivity index (χ4n) is 2.12. The first-order chi connectivity index (χ1) is 10.9. The Balaban J connectivity index is 1.92. The van der Waals surface area contributed by atoms with Gasteiger partial charge in [0.1, 0.15) is 5.60 Å². The van der Waals surface area contributed by atoms with Crippen LogP contribution in [0, 0.1) is 0 Å². The highest BCUT2D eigenvalue weighted by atomic mass is 16.6. The third kappa shape index (κ3) is 10.4. The molecular weight excluding hydrogens is 290 g/mol. The minimum Gasteiger partial charge on any atom is -0.444 e. The van der Waals surface area contributed by atoms with Crippen molar-refractivity contribution in [3.63, 3.8) is 0 Å². The Labute approximate surface area is 140 Å². The van der Waals surface area contributed by atoms with Crippen molar-refractivity contribution < 1.29 is 9.53 Å². The lowest BCUT2D eigenvalue weighted by atomic mass is 10.1. The third-order valence-electron chi connectivity index (χ3n) is 3.26. The lowest BCUT2D eigenvalue weighted by Crippen LogP contribution is -2.32. The van der Waals surface area contributed by atoms with Crippen LogP contribution in [0.3, 0.4) is 0 Å². The molecule has 0 saturated heterocycles. The van der Waals surface area contributed by atoms with E-state index in [0.717, 1.165) is 37.2 Å². The van der Waals surface area contributed by atoms with Crippen LogP contribution in [-0.4, -0.2) is 24.8 Å². The first kappa shape index (κ1) is 19.1. The molecule has 23 heavy (non-hydrogen) atoms. The van der Waals surface area contributed by atoms with E-state index >= 15 is 0 Å². The van der Waals surface area contributed by atoms with E-state index in [0.29, 0.717) is 6.54 Å². The molecule has 1 aromatic rings. The monoisotopic (exact) mass is 321 g/mol. The van der Waals surface area contributed by atoms with E-state index in [9.17, 15) is 4.79 Å². The van der Waals surface area contributed by atoms with Crippen molar-refractivity contribution in [3.8, 4) is 0 Å². The van der Waals surface area contributed by atoms with E-state index in [1.165, 1.54) is 12.8 Å². The van der Waals surface area contributed by atoms with E-state index in [4.69, 9.17) is 10.5 Å². The molecule has 0 aromatic heterocycles. The number of alkyl carbamates (subject to hydrolysis) is 1. The SMILES string of the molecule is CC(C)(C)OC(=O)NCCCCCCCNc1ccc(N)cc1. The summed E-state index contributed by atoms with van der Waals surface area (Å²) < 4.78 is 5.18. The molecule has 1 aromatic carbocycles. The third-order valence-corrected chi connectivity index (χ3v) is 3.26. The zero-order chi connectivity index (χ0) is 17.1. The second-order valence-corrected chi connectivity index (χ2v) is 6.75. The zero-order valence-corrected chi connectivity index (χ0v) is 14.7. The Morgan fingerprint density at radius 3 is 2.17 bits per heavy atom. The average Bonchev–Trinajstić information content (AvgIpc) is 2.45. The van der Waals surface area contributed by atoms with Gasteiger partial charge in [-0.1, -0.05) is 19.3 Å². The van der Waals surface area contributed by atoms with Crippen molar-refractivity contribution in [1.82, 2.24) is 5.32 Å². The van der Waals surface area contributed by atoms with Gasteiger partial charge in [-0.15, -0.1) is 0 Å². The van der Waals surface area contributed by atoms with Crippen LogP contribution >= 0.6 is 0 Å². The molecule has 1 amide bonds. The number of carbonyl (C=O) groups is 1. The summed E-state index contributed by atoms with van der Waals surface area (Å²) in [6.45, 7) is 7.25. The van der Waals surface area contributed by atoms with Crippen molar-refractivity contribution in [2.75, 3.05) is 24.1 Å². The number of carbonyl (C=O) groups excluding carboxylic acids is 1. The van der Waals surface area contributed by atoms with Crippen molar-refractivity contribution in [3.05, 3.63) is 24.3 Å². The molecule has 5 heteroatoms. The maximum atomic E-state index is 11.4. The number of benzene rings is 1. The zero-order valence-electron chi connectivity index (χ0n) is 14.7. The molecule has 0 spiro atoms. The maximum Gasteiger partial charge on any atom is 0.407 e. The smallest absolute Gasteiger partial charge is 0.407 e. The van der Waals surface area contributed by atoms with Crippen LogP contribution in [0.5, 0.6) is 0 Å². The van der Waals surface area contributed by atoms with Gasteiger partial charge in [0.05, 0.1) is 0 Å². The second kappa shape index (κ2) is 9.98. The number of ether oxygens (including phenoxy) is 1. The molecule has 5 nitrogen and oxygen atoms in total. The van der Waals surface area contributed by atoms with Gasteiger partial charge in [-0.2, -0.15) is 0 Å². The fourth-order valence-corrected chi connectivity index (χ4v) is 2.12. The summed E-state index contributed by atoms with van der Waals surface area (Å²) in [6, 6.07) is 7.80. The topological polar surface area (TPSA) is 76.4 Å². The first-order valence-electron chi connectivity index (χ1n) is 8.43. The maximum absolute atomic E-state index is 11.4. The molecule has 0 aliphatic heterocycles. The summed E-state index contributed by atoms with van der Waals surface area (Å²) in [4.78, 5) is 11.4. The van der Waals surface area contributed by atoms with Gasteiger partial charge in [0.15, 0.2) is 0 Å². The van der Waals surface area contributed by atoms with Gasteiger partial charge in [0, 0.05) is 24.5 Å². The first-order valence-corrected chi connectivity index (χ1v) is 8.43. The van der Waals surface area contributed by atoms with Crippen LogP contribution in [-0.2, 0) is 4.74 Å². The number of unbranched alkanes of at least 4 members (excludes halogenated alkanes) is 4. The van der Waals surface area contributed by atoms with Gasteiger partial charge >= 0.3 is 6.09 Å². The summed E-state index contributed by atoms with van der Waals surface area (Å²) in [5.41, 5.74) is 7.12. The predicted molar refractivity (Wildman–Crippen MR) is 96.7 cm³/mol. The van der Waals surface area contributed by atoms with Crippen molar-refractivity contribution >= 4 is 17.5 Å². The van der Waals surface area contributed by atoms with Crippen molar-refractivity contribution in [2.24, 2.45) is 0 Å². The predicted octanol–water partition coefficient (Wildman–Crippen LogP) is 4.16. The molecule has 0 radical (unpaired) electrons. The van der Waals surface area contributed by atoms with Gasteiger partial charge < -0.3 is 21.1 Å². The lowest BCUT2D eigenvalue weighted by molar-refractivity contribution is 0.0527. The van der Waals surface area contributed by atoms with E-state index in [1.807, 2.05) is 45.0 Å². The molecule has 0 heterocycles. The summed E-state index contributed by atoms with van der Waals surface area (Å²) in [5.74, 6) is 0. The van der Waals surface area contributed by atoms with Gasteiger partial charge in [-0.05, 0) is 57.9 Å². The average molecular weight is 321 g/mol. The number of hydrogen-bond donors (Lipinski definition) is 3. The van der Waals surface area contributed by atoms with Crippen LogP contribution in [0.15, 0.2) is 24.3 Å². The summed E-state index contributed by atoms with van der Waals surface area (Å²) in [7, 11) is 0. The number of nitrogen functional groups attached to an aromatic ring is 1. The number of nitrogens with two attached hydrogens (primary N) is 1. The second-order valence-electron chi connectivity index (χ2n) is 6.75. The van der Waals surface area contributed by atoms with E-state index in [1.54, 1.807) is 0 Å². The van der Waals surface area contributed by atoms with Crippen LogP contribution in [0.25, 0.3) is 0 Å².